The Kier molecular flexibility index (Phi) is 6.62. The fraction of sp³-hybridized carbons (Fsp3) is 0.467. The van der Waals surface area contributed by atoms with E-state index < -0.39 is 17.7 Å². The number of unbranched alkanes of at least 4 members (excludes halogenated alkanes) is 1. The van der Waals surface area contributed by atoms with Gasteiger partial charge in [-0.1, -0.05) is 24.9 Å². The van der Waals surface area contributed by atoms with Crippen molar-refractivity contribution < 1.29 is 27.9 Å². The lowest BCUT2D eigenvalue weighted by molar-refractivity contribution is -0.242. The fourth-order valence-electron chi connectivity index (χ4n) is 1.61. The van der Waals surface area contributed by atoms with Crippen molar-refractivity contribution in [2.45, 2.75) is 38.5 Å². The number of carbonyl (C=O) groups excluding carboxylic acids is 2. The Bertz CT molecular complexity index is 618. The van der Waals surface area contributed by atoms with Gasteiger partial charge in [-0.25, -0.2) is 0 Å². The van der Waals surface area contributed by atoms with E-state index in [9.17, 15) is 27.9 Å². The van der Waals surface area contributed by atoms with Crippen molar-refractivity contribution in [3.05, 3.63) is 28.8 Å². The topological polar surface area (TPSA) is 78.4 Å². The Morgan fingerprint density at radius 2 is 1.92 bits per heavy atom. The van der Waals surface area contributed by atoms with E-state index in [0.29, 0.717) is 13.5 Å². The number of amides is 2. The first-order valence-electron chi connectivity index (χ1n) is 7.19. The van der Waals surface area contributed by atoms with Crippen LogP contribution >= 0.6 is 11.6 Å². The molecule has 0 saturated carbocycles. The van der Waals surface area contributed by atoms with Crippen LogP contribution in [0, 0.1) is 0 Å². The lowest BCUT2D eigenvalue weighted by Gasteiger charge is -2.25. The minimum absolute atomic E-state index is 0.121. The van der Waals surface area contributed by atoms with Gasteiger partial charge in [0.15, 0.2) is 0 Å². The molecule has 2 amide bonds. The smallest absolute Gasteiger partial charge is 0.373 e. The first kappa shape index (κ1) is 20.2. The molecule has 3 N–H and O–H groups in total. The van der Waals surface area contributed by atoms with E-state index in [0.717, 1.165) is 12.8 Å². The first-order chi connectivity index (χ1) is 11.0. The first-order valence-corrected chi connectivity index (χ1v) is 7.56. The molecule has 1 aromatic rings. The highest BCUT2D eigenvalue weighted by molar-refractivity contribution is 6.34. The molecule has 0 aromatic heterocycles. The second-order valence-corrected chi connectivity index (χ2v) is 5.74. The fourth-order valence-corrected chi connectivity index (χ4v) is 1.84. The van der Waals surface area contributed by atoms with Gasteiger partial charge in [-0.2, -0.15) is 13.2 Å². The van der Waals surface area contributed by atoms with Crippen molar-refractivity contribution in [3.8, 4) is 0 Å². The molecular formula is C15H18ClF3N2O3. The maximum atomic E-state index is 12.6. The van der Waals surface area contributed by atoms with E-state index in [2.05, 4.69) is 5.32 Å². The summed E-state index contributed by atoms with van der Waals surface area (Å²) >= 11 is 5.89. The molecule has 0 saturated heterocycles. The predicted molar refractivity (Wildman–Crippen MR) is 84.0 cm³/mol. The standard InChI is InChI=1S/C15H18ClF3N2O3/c1-3-4-7-20-12(22)9-5-6-11(10(16)8-9)21-13(23)14(2,24)15(17,18)19/h5-6,8,24H,3-4,7H2,1-2H3,(H,20,22)(H,21,23)/t14-/m1/s1. The zero-order valence-corrected chi connectivity index (χ0v) is 13.9. The maximum Gasteiger partial charge on any atom is 0.426 e. The third kappa shape index (κ3) is 4.85. The van der Waals surface area contributed by atoms with Crippen LogP contribution in [0.2, 0.25) is 5.02 Å². The van der Waals surface area contributed by atoms with E-state index in [-0.39, 0.29) is 22.2 Å². The highest BCUT2D eigenvalue weighted by atomic mass is 35.5. The van der Waals surface area contributed by atoms with Crippen LogP contribution in [0.5, 0.6) is 0 Å². The summed E-state index contributed by atoms with van der Waals surface area (Å²) in [5.41, 5.74) is -3.50. The summed E-state index contributed by atoms with van der Waals surface area (Å²) in [6.45, 7) is 2.79. The van der Waals surface area contributed by atoms with Crippen molar-refractivity contribution >= 4 is 29.1 Å². The van der Waals surface area contributed by atoms with Crippen LogP contribution in [0.3, 0.4) is 0 Å². The summed E-state index contributed by atoms with van der Waals surface area (Å²) in [6.07, 6.45) is -3.42. The van der Waals surface area contributed by atoms with Gasteiger partial charge in [-0.15, -0.1) is 0 Å². The van der Waals surface area contributed by atoms with Gasteiger partial charge in [-0.3, -0.25) is 9.59 Å². The normalized spacial score (nSPS) is 14.0. The van der Waals surface area contributed by atoms with Crippen LogP contribution in [0.4, 0.5) is 18.9 Å². The maximum absolute atomic E-state index is 12.6. The molecule has 0 aliphatic rings. The number of hydrogen-bond acceptors (Lipinski definition) is 3. The number of benzene rings is 1. The van der Waals surface area contributed by atoms with Crippen molar-refractivity contribution in [1.29, 1.82) is 0 Å². The van der Waals surface area contributed by atoms with E-state index in [1.165, 1.54) is 18.2 Å². The molecule has 0 aliphatic heterocycles. The lowest BCUT2D eigenvalue weighted by Crippen LogP contribution is -2.52. The summed E-state index contributed by atoms with van der Waals surface area (Å²) in [5.74, 6) is -2.05. The summed E-state index contributed by atoms with van der Waals surface area (Å²) < 4.78 is 37.8. The summed E-state index contributed by atoms with van der Waals surface area (Å²) in [6, 6.07) is 3.73. The van der Waals surface area contributed by atoms with Gasteiger partial charge in [0.25, 0.3) is 11.8 Å². The number of halogens is 4. The molecule has 5 nitrogen and oxygen atoms in total. The van der Waals surface area contributed by atoms with Gasteiger partial charge in [0, 0.05) is 12.1 Å². The minimum Gasteiger partial charge on any atom is -0.373 e. The average Bonchev–Trinajstić information content (AvgIpc) is 2.48. The molecule has 0 radical (unpaired) electrons. The summed E-state index contributed by atoms with van der Waals surface area (Å²) in [5, 5.41) is 13.7. The van der Waals surface area contributed by atoms with E-state index in [1.54, 1.807) is 0 Å². The minimum atomic E-state index is -5.14. The third-order valence-electron chi connectivity index (χ3n) is 3.29. The third-order valence-corrected chi connectivity index (χ3v) is 3.60. The van der Waals surface area contributed by atoms with Crippen molar-refractivity contribution in [1.82, 2.24) is 5.32 Å². The van der Waals surface area contributed by atoms with E-state index in [1.807, 2.05) is 12.2 Å². The van der Waals surface area contributed by atoms with Gasteiger partial charge >= 0.3 is 6.18 Å². The number of rotatable bonds is 6. The monoisotopic (exact) mass is 366 g/mol. The second-order valence-electron chi connectivity index (χ2n) is 5.33. The Balaban J connectivity index is 2.86. The van der Waals surface area contributed by atoms with Gasteiger partial charge in [0.1, 0.15) is 0 Å². The molecule has 0 spiro atoms. The SMILES string of the molecule is CCCCNC(=O)c1ccc(NC(=O)[C@@](C)(O)C(F)(F)F)c(Cl)c1. The van der Waals surface area contributed by atoms with Crippen LogP contribution in [0.1, 0.15) is 37.0 Å². The van der Waals surface area contributed by atoms with Crippen LogP contribution in [-0.4, -0.2) is 35.2 Å². The molecular weight excluding hydrogens is 349 g/mol. The number of aliphatic hydroxyl groups is 1. The zero-order valence-electron chi connectivity index (χ0n) is 13.1. The summed E-state index contributed by atoms with van der Waals surface area (Å²) in [7, 11) is 0. The zero-order chi connectivity index (χ0) is 18.5. The Labute approximate surface area is 142 Å². The number of anilines is 1. The van der Waals surface area contributed by atoms with Gasteiger partial charge in [0.2, 0.25) is 5.60 Å². The lowest BCUT2D eigenvalue weighted by atomic mass is 10.1. The molecule has 134 valence electrons. The van der Waals surface area contributed by atoms with E-state index >= 15 is 0 Å². The molecule has 0 bridgehead atoms. The molecule has 0 unspecified atom stereocenters. The number of alkyl halides is 3. The molecule has 24 heavy (non-hydrogen) atoms. The highest BCUT2D eigenvalue weighted by Gasteiger charge is 2.55. The average molecular weight is 367 g/mol. The van der Waals surface area contributed by atoms with Crippen LogP contribution in [0.25, 0.3) is 0 Å². The van der Waals surface area contributed by atoms with Gasteiger partial charge < -0.3 is 15.7 Å². The Hall–Kier alpha value is -1.80. The molecule has 1 rings (SSSR count). The van der Waals surface area contributed by atoms with Crippen molar-refractivity contribution in [2.75, 3.05) is 11.9 Å². The second kappa shape index (κ2) is 7.85. The summed E-state index contributed by atoms with van der Waals surface area (Å²) in [4.78, 5) is 23.5. The van der Waals surface area contributed by atoms with E-state index in [4.69, 9.17) is 11.6 Å². The molecule has 9 heteroatoms. The molecule has 0 fully saturated rings. The number of carbonyl (C=O) groups is 2. The molecule has 1 atom stereocenters. The number of hydrogen-bond donors (Lipinski definition) is 3. The van der Waals surface area contributed by atoms with Crippen LogP contribution in [-0.2, 0) is 4.79 Å². The molecule has 1 aromatic carbocycles. The molecule has 0 heterocycles. The molecule has 0 aliphatic carbocycles. The van der Waals surface area contributed by atoms with Gasteiger partial charge in [0.05, 0.1) is 10.7 Å². The van der Waals surface area contributed by atoms with Crippen LogP contribution < -0.4 is 10.6 Å². The predicted octanol–water partition coefficient (Wildman–Crippen LogP) is 3.12. The highest BCUT2D eigenvalue weighted by Crippen LogP contribution is 2.32. The Morgan fingerprint density at radius 3 is 2.42 bits per heavy atom. The van der Waals surface area contributed by atoms with Crippen molar-refractivity contribution in [2.24, 2.45) is 0 Å². The largest absolute Gasteiger partial charge is 0.426 e. The van der Waals surface area contributed by atoms with Crippen LogP contribution in [0.15, 0.2) is 18.2 Å². The number of nitrogens with one attached hydrogen (secondary N) is 2. The van der Waals surface area contributed by atoms with Gasteiger partial charge in [-0.05, 0) is 31.5 Å². The Morgan fingerprint density at radius 1 is 1.29 bits per heavy atom. The van der Waals surface area contributed by atoms with Crippen molar-refractivity contribution in [3.63, 3.8) is 0 Å². The quantitative estimate of drug-likeness (QED) is 0.677.